The van der Waals surface area contributed by atoms with E-state index in [-0.39, 0.29) is 0 Å². The van der Waals surface area contributed by atoms with Crippen LogP contribution in [-0.2, 0) is 4.79 Å². The lowest BCUT2D eigenvalue weighted by molar-refractivity contribution is -0.138. The molecule has 1 saturated heterocycles. The average molecular weight is 197 g/mol. The van der Waals surface area contributed by atoms with E-state index in [1.807, 2.05) is 0 Å². The van der Waals surface area contributed by atoms with Crippen molar-refractivity contribution in [3.63, 3.8) is 0 Å². The van der Waals surface area contributed by atoms with Gasteiger partial charge in [-0.15, -0.1) is 0 Å². The first-order valence-corrected chi connectivity index (χ1v) is 5.61. The predicted octanol–water partition coefficient (Wildman–Crippen LogP) is 1.58. The highest BCUT2D eigenvalue weighted by Crippen LogP contribution is 2.34. The molecule has 1 unspecified atom stereocenters. The van der Waals surface area contributed by atoms with Crippen LogP contribution in [0.25, 0.3) is 0 Å². The van der Waals surface area contributed by atoms with E-state index in [0.717, 1.165) is 31.5 Å². The first-order chi connectivity index (χ1) is 6.65. The van der Waals surface area contributed by atoms with Gasteiger partial charge in [-0.25, -0.2) is 0 Å². The fraction of sp³-hybridized carbons (Fsp3) is 0.909. The molecule has 1 N–H and O–H groups in total. The van der Waals surface area contributed by atoms with Crippen LogP contribution in [0.2, 0.25) is 0 Å². The monoisotopic (exact) mass is 197 g/mol. The van der Waals surface area contributed by atoms with Gasteiger partial charge in [-0.3, -0.25) is 4.79 Å². The van der Waals surface area contributed by atoms with Crippen LogP contribution in [0.4, 0.5) is 0 Å². The molecule has 0 amide bonds. The van der Waals surface area contributed by atoms with Crippen molar-refractivity contribution in [1.82, 2.24) is 4.90 Å². The molecule has 1 saturated carbocycles. The molecule has 1 heterocycles. The summed E-state index contributed by atoms with van der Waals surface area (Å²) in [7, 11) is 0. The number of carboxylic acid groups (broad SMARTS) is 1. The van der Waals surface area contributed by atoms with Gasteiger partial charge in [0.1, 0.15) is 0 Å². The molecule has 1 atom stereocenters. The Morgan fingerprint density at radius 1 is 1.50 bits per heavy atom. The van der Waals surface area contributed by atoms with Crippen molar-refractivity contribution in [3.05, 3.63) is 0 Å². The van der Waals surface area contributed by atoms with Crippen molar-refractivity contribution in [1.29, 1.82) is 0 Å². The van der Waals surface area contributed by atoms with Gasteiger partial charge in [0.15, 0.2) is 0 Å². The number of carboxylic acids is 1. The highest BCUT2D eigenvalue weighted by Gasteiger charge is 2.35. The summed E-state index contributed by atoms with van der Waals surface area (Å²) in [6.45, 7) is 4.43. The van der Waals surface area contributed by atoms with Crippen LogP contribution >= 0.6 is 0 Å². The van der Waals surface area contributed by atoms with Crippen LogP contribution < -0.4 is 0 Å². The number of nitrogens with zero attached hydrogens (tertiary/aromatic N) is 1. The SMILES string of the molecule is CC1CC(N2CCC(CC(=O)O)C2)C1. The topological polar surface area (TPSA) is 40.5 Å². The first kappa shape index (κ1) is 9.97. The highest BCUT2D eigenvalue weighted by atomic mass is 16.4. The maximum atomic E-state index is 10.5. The van der Waals surface area contributed by atoms with Crippen LogP contribution in [0.3, 0.4) is 0 Å². The van der Waals surface area contributed by atoms with Gasteiger partial charge in [0.25, 0.3) is 0 Å². The molecule has 0 aromatic carbocycles. The predicted molar refractivity (Wildman–Crippen MR) is 54.1 cm³/mol. The molecular formula is C11H19NO2. The summed E-state index contributed by atoms with van der Waals surface area (Å²) in [5, 5.41) is 8.69. The molecule has 80 valence electrons. The van der Waals surface area contributed by atoms with E-state index < -0.39 is 5.97 Å². The van der Waals surface area contributed by atoms with Crippen molar-refractivity contribution in [2.24, 2.45) is 11.8 Å². The smallest absolute Gasteiger partial charge is 0.303 e. The van der Waals surface area contributed by atoms with E-state index in [1.165, 1.54) is 12.8 Å². The Morgan fingerprint density at radius 2 is 2.21 bits per heavy atom. The Hall–Kier alpha value is -0.570. The lowest BCUT2D eigenvalue weighted by Crippen LogP contribution is -2.42. The molecule has 14 heavy (non-hydrogen) atoms. The maximum absolute atomic E-state index is 10.5. The molecule has 0 spiro atoms. The second kappa shape index (κ2) is 3.89. The minimum Gasteiger partial charge on any atom is -0.481 e. The summed E-state index contributed by atoms with van der Waals surface area (Å²) in [4.78, 5) is 13.0. The molecule has 2 aliphatic rings. The van der Waals surface area contributed by atoms with Gasteiger partial charge in [-0.2, -0.15) is 0 Å². The number of rotatable bonds is 3. The normalized spacial score (nSPS) is 38.2. The zero-order valence-corrected chi connectivity index (χ0v) is 8.78. The van der Waals surface area contributed by atoms with Gasteiger partial charge in [0, 0.05) is 19.0 Å². The van der Waals surface area contributed by atoms with E-state index in [2.05, 4.69) is 11.8 Å². The van der Waals surface area contributed by atoms with Crippen LogP contribution in [0.5, 0.6) is 0 Å². The van der Waals surface area contributed by atoms with Crippen molar-refractivity contribution in [2.75, 3.05) is 13.1 Å². The van der Waals surface area contributed by atoms with E-state index >= 15 is 0 Å². The second-order valence-electron chi connectivity index (χ2n) is 4.98. The van der Waals surface area contributed by atoms with Crippen molar-refractivity contribution < 1.29 is 9.90 Å². The summed E-state index contributed by atoms with van der Waals surface area (Å²) in [6.07, 6.45) is 4.08. The van der Waals surface area contributed by atoms with Gasteiger partial charge in [-0.1, -0.05) is 6.92 Å². The maximum Gasteiger partial charge on any atom is 0.303 e. The second-order valence-corrected chi connectivity index (χ2v) is 4.98. The van der Waals surface area contributed by atoms with Gasteiger partial charge >= 0.3 is 5.97 Å². The summed E-state index contributed by atoms with van der Waals surface area (Å²) in [5.41, 5.74) is 0. The molecule has 0 aromatic rings. The fourth-order valence-electron chi connectivity index (χ4n) is 2.77. The molecular weight excluding hydrogens is 178 g/mol. The molecule has 1 aliphatic heterocycles. The summed E-state index contributed by atoms with van der Waals surface area (Å²) >= 11 is 0. The molecule has 2 fully saturated rings. The molecule has 0 radical (unpaired) electrons. The van der Waals surface area contributed by atoms with E-state index in [1.54, 1.807) is 0 Å². The number of hydrogen-bond acceptors (Lipinski definition) is 2. The van der Waals surface area contributed by atoms with Gasteiger partial charge in [0.2, 0.25) is 0 Å². The van der Waals surface area contributed by atoms with Crippen LogP contribution in [0, 0.1) is 11.8 Å². The minimum atomic E-state index is -0.640. The molecule has 0 aromatic heterocycles. The quantitative estimate of drug-likeness (QED) is 0.746. The van der Waals surface area contributed by atoms with Gasteiger partial charge in [0.05, 0.1) is 0 Å². The van der Waals surface area contributed by atoms with Crippen LogP contribution in [0.15, 0.2) is 0 Å². The Bertz CT molecular complexity index is 223. The van der Waals surface area contributed by atoms with E-state index in [0.29, 0.717) is 12.3 Å². The third-order valence-electron chi connectivity index (χ3n) is 3.65. The number of hydrogen-bond donors (Lipinski definition) is 1. The average Bonchev–Trinajstić information content (AvgIpc) is 2.46. The number of carbonyl (C=O) groups is 1. The first-order valence-electron chi connectivity index (χ1n) is 5.61. The van der Waals surface area contributed by atoms with Crippen molar-refractivity contribution >= 4 is 5.97 Å². The van der Waals surface area contributed by atoms with Crippen LogP contribution in [-0.4, -0.2) is 35.1 Å². The lowest BCUT2D eigenvalue weighted by Gasteiger charge is -2.39. The lowest BCUT2D eigenvalue weighted by atomic mass is 9.81. The third-order valence-corrected chi connectivity index (χ3v) is 3.65. The summed E-state index contributed by atoms with van der Waals surface area (Å²) in [6, 6.07) is 0.767. The largest absolute Gasteiger partial charge is 0.481 e. The van der Waals surface area contributed by atoms with Crippen LogP contribution in [0.1, 0.15) is 32.6 Å². The standard InChI is InChI=1S/C11H19NO2/c1-8-4-10(5-8)12-3-2-9(7-12)6-11(13)14/h8-10H,2-7H2,1H3,(H,13,14). The molecule has 2 rings (SSSR count). The molecule has 3 heteroatoms. The fourth-order valence-corrected chi connectivity index (χ4v) is 2.77. The summed E-state index contributed by atoms with van der Waals surface area (Å²) < 4.78 is 0. The van der Waals surface area contributed by atoms with Gasteiger partial charge in [-0.05, 0) is 37.6 Å². The van der Waals surface area contributed by atoms with Crippen molar-refractivity contribution in [2.45, 2.75) is 38.6 Å². The zero-order valence-electron chi connectivity index (χ0n) is 8.78. The van der Waals surface area contributed by atoms with E-state index in [4.69, 9.17) is 5.11 Å². The Kier molecular flexibility index (Phi) is 2.77. The molecule has 3 nitrogen and oxygen atoms in total. The summed E-state index contributed by atoms with van der Waals surface area (Å²) in [5.74, 6) is 0.653. The van der Waals surface area contributed by atoms with Gasteiger partial charge < -0.3 is 10.0 Å². The number of likely N-dealkylation sites (tertiary alicyclic amines) is 1. The minimum absolute atomic E-state index is 0.360. The molecule has 0 bridgehead atoms. The Labute approximate surface area is 85.1 Å². The Morgan fingerprint density at radius 3 is 2.79 bits per heavy atom. The third kappa shape index (κ3) is 2.08. The van der Waals surface area contributed by atoms with Crippen molar-refractivity contribution in [3.8, 4) is 0 Å². The van der Waals surface area contributed by atoms with E-state index in [9.17, 15) is 4.79 Å². The highest BCUT2D eigenvalue weighted by molar-refractivity contribution is 5.67. The molecule has 1 aliphatic carbocycles. The Balaban J connectivity index is 1.74. The zero-order chi connectivity index (χ0) is 10.1. The number of aliphatic carboxylic acids is 1.